The van der Waals surface area contributed by atoms with E-state index in [4.69, 9.17) is 28.9 Å². The van der Waals surface area contributed by atoms with Crippen LogP contribution in [0.5, 0.6) is 11.5 Å². The Labute approximate surface area is 277 Å². The normalized spacial score (nSPS) is 17.6. The van der Waals surface area contributed by atoms with Crippen molar-refractivity contribution in [2.24, 2.45) is 0 Å². The Kier molecular flexibility index (Phi) is 9.41. The molecule has 2 atom stereocenters. The van der Waals surface area contributed by atoms with Crippen LogP contribution in [-0.2, 0) is 16.0 Å². The van der Waals surface area contributed by atoms with Gasteiger partial charge in [-0.25, -0.2) is 29.5 Å². The van der Waals surface area contributed by atoms with Crippen molar-refractivity contribution in [3.05, 3.63) is 76.0 Å². The zero-order valence-electron chi connectivity index (χ0n) is 27.2. The molecule has 1 amide bonds. The zero-order valence-corrected chi connectivity index (χ0v) is 28.0. The summed E-state index contributed by atoms with van der Waals surface area (Å²) in [6.45, 7) is 11.8. The van der Waals surface area contributed by atoms with Gasteiger partial charge in [-0.3, -0.25) is 9.47 Å². The summed E-state index contributed by atoms with van der Waals surface area (Å²) in [6.07, 6.45) is 5.56. The molecule has 2 aliphatic heterocycles. The van der Waals surface area contributed by atoms with E-state index < -0.39 is 17.7 Å². The topological polar surface area (TPSA) is 134 Å². The van der Waals surface area contributed by atoms with Crippen LogP contribution in [0.1, 0.15) is 78.5 Å². The third-order valence-corrected chi connectivity index (χ3v) is 8.82. The number of aryl methyl sites for hydroxylation is 1. The first-order chi connectivity index (χ1) is 22.6. The van der Waals surface area contributed by atoms with E-state index >= 15 is 0 Å². The van der Waals surface area contributed by atoms with Crippen LogP contribution in [-0.4, -0.2) is 85.0 Å². The highest BCUT2D eigenvalue weighted by atomic mass is 32.1. The quantitative estimate of drug-likeness (QED) is 0.205. The average Bonchev–Trinajstić information content (AvgIpc) is 3.84. The molecule has 248 valence electrons. The van der Waals surface area contributed by atoms with Crippen LogP contribution in [0, 0.1) is 6.92 Å². The fourth-order valence-electron chi connectivity index (χ4n) is 5.81. The van der Waals surface area contributed by atoms with Crippen LogP contribution < -0.4 is 9.47 Å². The molecular formula is C33H39N7O6S. The highest BCUT2D eigenvalue weighted by Gasteiger charge is 2.40. The van der Waals surface area contributed by atoms with Crippen molar-refractivity contribution in [3.63, 3.8) is 0 Å². The minimum Gasteiger partial charge on any atom is -0.461 e. The van der Waals surface area contributed by atoms with E-state index in [0.29, 0.717) is 42.8 Å². The number of esters is 1. The van der Waals surface area contributed by atoms with Crippen molar-refractivity contribution in [3.8, 4) is 17.4 Å². The molecule has 0 radical (unpaired) electrons. The van der Waals surface area contributed by atoms with Crippen molar-refractivity contribution in [2.45, 2.75) is 65.1 Å². The van der Waals surface area contributed by atoms with E-state index in [1.807, 2.05) is 58.2 Å². The van der Waals surface area contributed by atoms with E-state index in [0.717, 1.165) is 34.9 Å². The summed E-state index contributed by atoms with van der Waals surface area (Å²) in [5, 5.41) is 2.59. The predicted octanol–water partition coefficient (Wildman–Crippen LogP) is 5.30. The lowest BCUT2D eigenvalue weighted by atomic mass is 9.97. The summed E-state index contributed by atoms with van der Waals surface area (Å²) in [6, 6.07) is 7.50. The maximum Gasteiger partial charge on any atom is 0.410 e. The molecule has 14 heteroatoms. The molecule has 0 saturated carbocycles. The number of imidazole rings is 1. The van der Waals surface area contributed by atoms with E-state index in [9.17, 15) is 9.59 Å². The van der Waals surface area contributed by atoms with Gasteiger partial charge in [0.15, 0.2) is 17.2 Å². The summed E-state index contributed by atoms with van der Waals surface area (Å²) in [4.78, 5) is 48.6. The van der Waals surface area contributed by atoms with Gasteiger partial charge in [-0.2, -0.15) is 0 Å². The first-order valence-electron chi connectivity index (χ1n) is 15.6. The molecule has 13 nitrogen and oxygen atoms in total. The molecular weight excluding hydrogens is 622 g/mol. The lowest BCUT2D eigenvalue weighted by Gasteiger charge is -2.31. The summed E-state index contributed by atoms with van der Waals surface area (Å²) in [5.41, 5.74) is 2.20. The maximum absolute atomic E-state index is 13.5. The number of hydrogen-bond donors (Lipinski definition) is 0. The molecule has 0 bridgehead atoms. The van der Waals surface area contributed by atoms with Crippen molar-refractivity contribution < 1.29 is 28.5 Å². The van der Waals surface area contributed by atoms with Gasteiger partial charge in [0.05, 0.1) is 23.4 Å². The lowest BCUT2D eigenvalue weighted by Crippen LogP contribution is -2.41. The Hall–Kier alpha value is -4.56. The molecule has 2 aliphatic rings. The van der Waals surface area contributed by atoms with Gasteiger partial charge in [0.2, 0.25) is 12.7 Å². The van der Waals surface area contributed by atoms with Crippen LogP contribution in [0.4, 0.5) is 4.79 Å². The maximum atomic E-state index is 13.5. The van der Waals surface area contributed by atoms with Gasteiger partial charge < -0.3 is 23.8 Å². The second kappa shape index (κ2) is 13.7. The van der Waals surface area contributed by atoms with Crippen molar-refractivity contribution in [2.75, 3.05) is 33.0 Å². The van der Waals surface area contributed by atoms with Crippen molar-refractivity contribution >= 4 is 23.4 Å². The number of carbonyl (C=O) groups excluding carboxylic acids is 2. The lowest BCUT2D eigenvalue weighted by molar-refractivity contribution is 0.0210. The molecule has 1 fully saturated rings. The molecule has 0 aliphatic carbocycles. The van der Waals surface area contributed by atoms with E-state index in [1.54, 1.807) is 34.3 Å². The second-order valence-electron chi connectivity index (χ2n) is 12.5. The number of benzene rings is 1. The number of likely N-dealkylation sites (tertiary alicyclic amines) is 1. The Morgan fingerprint density at radius 2 is 1.96 bits per heavy atom. The van der Waals surface area contributed by atoms with Gasteiger partial charge in [-0.15, -0.1) is 11.3 Å². The van der Waals surface area contributed by atoms with Gasteiger partial charge in [0.25, 0.3) is 0 Å². The molecule has 4 aromatic rings. The first-order valence-corrected chi connectivity index (χ1v) is 16.5. The molecule has 6 rings (SSSR count). The van der Waals surface area contributed by atoms with Crippen LogP contribution in [0.3, 0.4) is 0 Å². The molecule has 47 heavy (non-hydrogen) atoms. The number of ether oxygens (including phenoxy) is 4. The van der Waals surface area contributed by atoms with Gasteiger partial charge in [0.1, 0.15) is 11.9 Å². The van der Waals surface area contributed by atoms with Crippen LogP contribution in [0.2, 0.25) is 0 Å². The smallest absolute Gasteiger partial charge is 0.410 e. The SMILES string of the molecule is CCOC(=O)c1csc([C@H]2CCN(CCN(Cc3ccc4c(c3)OCO4)C(=O)OC(C)(C)C)[C@@H]2c2cc(C)nc(-n3ccnc3)n2)n1. The Morgan fingerprint density at radius 3 is 2.72 bits per heavy atom. The van der Waals surface area contributed by atoms with Gasteiger partial charge >= 0.3 is 12.1 Å². The fraction of sp³-hybridized carbons (Fsp3) is 0.455. The molecule has 0 spiro atoms. The summed E-state index contributed by atoms with van der Waals surface area (Å²) in [7, 11) is 0. The number of rotatable bonds is 10. The Balaban J connectivity index is 1.29. The monoisotopic (exact) mass is 661 g/mol. The first kappa shape index (κ1) is 32.4. The molecule has 1 aromatic carbocycles. The van der Waals surface area contributed by atoms with Crippen molar-refractivity contribution in [1.82, 2.24) is 34.3 Å². The van der Waals surface area contributed by atoms with Gasteiger partial charge in [-0.1, -0.05) is 6.07 Å². The number of fused-ring (bicyclic) bond motifs is 1. The van der Waals surface area contributed by atoms with E-state index in [1.165, 1.54) is 11.3 Å². The zero-order chi connectivity index (χ0) is 33.1. The number of carbonyl (C=O) groups is 2. The molecule has 0 unspecified atom stereocenters. The highest BCUT2D eigenvalue weighted by Crippen LogP contribution is 2.44. The summed E-state index contributed by atoms with van der Waals surface area (Å²) >= 11 is 1.45. The second-order valence-corrected chi connectivity index (χ2v) is 13.4. The van der Waals surface area contributed by atoms with Crippen molar-refractivity contribution in [1.29, 1.82) is 0 Å². The highest BCUT2D eigenvalue weighted by molar-refractivity contribution is 7.09. The number of thiazole rings is 1. The largest absolute Gasteiger partial charge is 0.461 e. The number of aromatic nitrogens is 5. The Bertz CT molecular complexity index is 1720. The Morgan fingerprint density at radius 1 is 1.13 bits per heavy atom. The third kappa shape index (κ3) is 7.54. The standard InChI is InChI=1S/C33H39N7O6S/c1-6-43-30(41)25-18-47-29(36-25)23-9-11-38(28(23)24-15-21(2)35-31(37-24)40-12-10-34-19-40)13-14-39(32(42)46-33(3,4)5)17-22-7-8-26-27(16-22)45-20-44-26/h7-8,10,12,15-16,18-19,23,28H,6,9,11,13-14,17,20H2,1-5H3/t23-,28-/m0/s1. The number of amides is 1. The molecule has 1 saturated heterocycles. The van der Waals surface area contributed by atoms with E-state index in [-0.39, 0.29) is 25.4 Å². The third-order valence-electron chi connectivity index (χ3n) is 7.85. The molecule has 0 N–H and O–H groups in total. The van der Waals surface area contributed by atoms with Crippen LogP contribution in [0.25, 0.3) is 5.95 Å². The summed E-state index contributed by atoms with van der Waals surface area (Å²) in [5.74, 6) is 1.39. The summed E-state index contributed by atoms with van der Waals surface area (Å²) < 4.78 is 23.9. The average molecular weight is 662 g/mol. The van der Waals surface area contributed by atoms with Gasteiger partial charge in [-0.05, 0) is 71.3 Å². The van der Waals surface area contributed by atoms with E-state index in [2.05, 4.69) is 14.9 Å². The number of hydrogen-bond acceptors (Lipinski definition) is 12. The molecule has 5 heterocycles. The fourth-order valence-corrected chi connectivity index (χ4v) is 6.76. The number of nitrogens with zero attached hydrogens (tertiary/aromatic N) is 7. The minimum atomic E-state index is -0.658. The van der Waals surface area contributed by atoms with Crippen LogP contribution in [0.15, 0.2) is 48.4 Å². The predicted molar refractivity (Wildman–Crippen MR) is 173 cm³/mol. The van der Waals surface area contributed by atoms with Gasteiger partial charge in [0, 0.05) is 49.0 Å². The molecule has 3 aromatic heterocycles. The minimum absolute atomic E-state index is 0.0445. The van der Waals surface area contributed by atoms with Crippen LogP contribution >= 0.6 is 11.3 Å².